The van der Waals surface area contributed by atoms with Gasteiger partial charge < -0.3 is 10.2 Å². The normalized spacial score (nSPS) is 18.0. The van der Waals surface area contributed by atoms with Gasteiger partial charge in [0.2, 0.25) is 11.9 Å². The van der Waals surface area contributed by atoms with Gasteiger partial charge in [0.1, 0.15) is 0 Å². The topological polar surface area (TPSA) is 92.2 Å². The monoisotopic (exact) mass is 394 g/mol. The maximum atomic E-state index is 12.1. The van der Waals surface area contributed by atoms with Gasteiger partial charge in [-0.25, -0.2) is 4.79 Å². The predicted molar refractivity (Wildman–Crippen MR) is 106 cm³/mol. The molecule has 8 nitrogen and oxygen atoms in total. The molecule has 150 valence electrons. The molecule has 3 amide bonds. The lowest BCUT2D eigenvalue weighted by Crippen LogP contribution is -2.41. The molecule has 0 atom stereocenters. The van der Waals surface area contributed by atoms with Crippen molar-refractivity contribution in [1.82, 2.24) is 25.4 Å². The summed E-state index contributed by atoms with van der Waals surface area (Å²) in [6.45, 7) is 8.85. The van der Waals surface area contributed by atoms with E-state index >= 15 is 0 Å². The first kappa shape index (κ1) is 20.0. The Balaban J connectivity index is 1.56. The Hall–Kier alpha value is -1.77. The van der Waals surface area contributed by atoms with Crippen LogP contribution < -0.4 is 15.5 Å². The Kier molecular flexibility index (Phi) is 6.62. The fraction of sp³-hybridized carbons (Fsp3) is 0.778. The van der Waals surface area contributed by atoms with Gasteiger partial charge in [-0.15, -0.1) is 10.2 Å². The molecule has 2 aliphatic rings. The van der Waals surface area contributed by atoms with E-state index in [1.54, 1.807) is 0 Å². The second-order valence-corrected chi connectivity index (χ2v) is 8.94. The second kappa shape index (κ2) is 8.95. The number of amides is 3. The molecule has 0 spiro atoms. The zero-order valence-corrected chi connectivity index (χ0v) is 17.2. The molecule has 2 fully saturated rings. The third kappa shape index (κ3) is 5.60. The standard InChI is InChI=1S/C18H30N6O2S/c1-12(2)10-19-16(26)20-15(25)11-27-18-22-21-17(24(18)14-4-5-14)23-8-6-13(3)7-9-23/h12-14H,4-11H2,1-3H3,(H2,19,20,25,26). The highest BCUT2D eigenvalue weighted by molar-refractivity contribution is 7.99. The summed E-state index contributed by atoms with van der Waals surface area (Å²) in [6.07, 6.45) is 4.61. The zero-order chi connectivity index (χ0) is 19.4. The number of hydrogen-bond acceptors (Lipinski definition) is 6. The van der Waals surface area contributed by atoms with Crippen molar-refractivity contribution < 1.29 is 9.59 Å². The highest BCUT2D eigenvalue weighted by atomic mass is 32.2. The van der Waals surface area contributed by atoms with Crippen molar-refractivity contribution in [2.45, 2.75) is 57.7 Å². The van der Waals surface area contributed by atoms with Crippen molar-refractivity contribution >= 4 is 29.6 Å². The van der Waals surface area contributed by atoms with Crippen LogP contribution in [0.2, 0.25) is 0 Å². The number of anilines is 1. The molecule has 0 radical (unpaired) electrons. The van der Waals surface area contributed by atoms with Gasteiger partial charge in [0, 0.05) is 25.7 Å². The largest absolute Gasteiger partial charge is 0.341 e. The van der Waals surface area contributed by atoms with Crippen LogP contribution in [0.4, 0.5) is 10.7 Å². The number of aromatic nitrogens is 3. The van der Waals surface area contributed by atoms with Gasteiger partial charge in [0.25, 0.3) is 0 Å². The van der Waals surface area contributed by atoms with Crippen molar-refractivity contribution in [2.24, 2.45) is 11.8 Å². The molecule has 1 aliphatic heterocycles. The van der Waals surface area contributed by atoms with E-state index in [1.165, 1.54) is 24.6 Å². The lowest BCUT2D eigenvalue weighted by Gasteiger charge is -2.31. The van der Waals surface area contributed by atoms with E-state index in [9.17, 15) is 9.59 Å². The van der Waals surface area contributed by atoms with Crippen LogP contribution >= 0.6 is 11.8 Å². The SMILES string of the molecule is CC(C)CNC(=O)NC(=O)CSc1nnc(N2CCC(C)CC2)n1C1CC1. The van der Waals surface area contributed by atoms with Crippen molar-refractivity contribution in [3.05, 3.63) is 0 Å². The van der Waals surface area contributed by atoms with Crippen LogP contribution in [0.1, 0.15) is 52.5 Å². The minimum absolute atomic E-state index is 0.150. The number of rotatable bonds is 7. The maximum absolute atomic E-state index is 12.1. The number of nitrogens with zero attached hydrogens (tertiary/aromatic N) is 4. The number of carbonyl (C=O) groups excluding carboxylic acids is 2. The van der Waals surface area contributed by atoms with Gasteiger partial charge in [0.05, 0.1) is 5.75 Å². The molecular weight excluding hydrogens is 364 g/mol. The number of imide groups is 1. The minimum atomic E-state index is -0.443. The predicted octanol–water partition coefficient (Wildman–Crippen LogP) is 2.42. The van der Waals surface area contributed by atoms with Gasteiger partial charge in [0.15, 0.2) is 5.16 Å². The van der Waals surface area contributed by atoms with Gasteiger partial charge in [-0.2, -0.15) is 0 Å². The Morgan fingerprint density at radius 1 is 1.19 bits per heavy atom. The first-order valence-corrected chi connectivity index (χ1v) is 10.8. The summed E-state index contributed by atoms with van der Waals surface area (Å²) in [5.41, 5.74) is 0. The van der Waals surface area contributed by atoms with Crippen LogP contribution in [-0.4, -0.2) is 52.1 Å². The summed E-state index contributed by atoms with van der Waals surface area (Å²) in [6, 6.07) is -0.00432. The third-order valence-corrected chi connectivity index (χ3v) is 5.82. The third-order valence-electron chi connectivity index (χ3n) is 4.88. The highest BCUT2D eigenvalue weighted by Crippen LogP contribution is 2.41. The van der Waals surface area contributed by atoms with Gasteiger partial charge in [-0.3, -0.25) is 14.7 Å². The number of hydrogen-bond donors (Lipinski definition) is 2. The molecule has 1 aromatic rings. The molecule has 2 heterocycles. The fourth-order valence-corrected chi connectivity index (χ4v) is 3.88. The van der Waals surface area contributed by atoms with E-state index in [0.29, 0.717) is 18.5 Å². The summed E-state index contributed by atoms with van der Waals surface area (Å²) in [5, 5.41) is 14.6. The molecular formula is C18H30N6O2S. The van der Waals surface area contributed by atoms with E-state index in [0.717, 1.165) is 43.0 Å². The van der Waals surface area contributed by atoms with Crippen LogP contribution in [0.3, 0.4) is 0 Å². The summed E-state index contributed by atoms with van der Waals surface area (Å²) in [7, 11) is 0. The summed E-state index contributed by atoms with van der Waals surface area (Å²) >= 11 is 1.35. The average molecular weight is 395 g/mol. The van der Waals surface area contributed by atoms with Gasteiger partial charge >= 0.3 is 6.03 Å². The first-order valence-electron chi connectivity index (χ1n) is 9.84. The van der Waals surface area contributed by atoms with E-state index in [1.807, 2.05) is 13.8 Å². The zero-order valence-electron chi connectivity index (χ0n) is 16.4. The van der Waals surface area contributed by atoms with Crippen LogP contribution in [0.5, 0.6) is 0 Å². The Labute approximate surface area is 164 Å². The molecule has 9 heteroatoms. The number of piperidine rings is 1. The van der Waals surface area contributed by atoms with E-state index in [2.05, 4.69) is 37.2 Å². The van der Waals surface area contributed by atoms with E-state index in [-0.39, 0.29) is 11.7 Å². The number of thioether (sulfide) groups is 1. The Morgan fingerprint density at radius 2 is 1.89 bits per heavy atom. The van der Waals surface area contributed by atoms with Crippen LogP contribution in [-0.2, 0) is 4.79 Å². The first-order chi connectivity index (χ1) is 12.9. The van der Waals surface area contributed by atoms with E-state index in [4.69, 9.17) is 0 Å². The molecule has 0 bridgehead atoms. The summed E-state index contributed by atoms with van der Waals surface area (Å²) < 4.78 is 2.19. The van der Waals surface area contributed by atoms with Crippen molar-refractivity contribution in [1.29, 1.82) is 0 Å². The lowest BCUT2D eigenvalue weighted by molar-refractivity contribution is -0.117. The fourth-order valence-electron chi connectivity index (χ4n) is 3.08. The molecule has 0 unspecified atom stereocenters. The Morgan fingerprint density at radius 3 is 2.52 bits per heavy atom. The quantitative estimate of drug-likeness (QED) is 0.690. The molecule has 1 saturated heterocycles. The van der Waals surface area contributed by atoms with Gasteiger partial charge in [-0.1, -0.05) is 32.5 Å². The van der Waals surface area contributed by atoms with Crippen molar-refractivity contribution in [2.75, 3.05) is 30.3 Å². The molecule has 2 N–H and O–H groups in total. The lowest BCUT2D eigenvalue weighted by atomic mass is 10.00. The molecule has 1 saturated carbocycles. The van der Waals surface area contributed by atoms with Crippen molar-refractivity contribution in [3.8, 4) is 0 Å². The highest BCUT2D eigenvalue weighted by Gasteiger charge is 2.32. The number of urea groups is 1. The van der Waals surface area contributed by atoms with Crippen LogP contribution in [0.15, 0.2) is 5.16 Å². The summed E-state index contributed by atoms with van der Waals surface area (Å²) in [5.74, 6) is 1.87. The Bertz CT molecular complexity index is 665. The van der Waals surface area contributed by atoms with Crippen LogP contribution in [0.25, 0.3) is 0 Å². The smallest absolute Gasteiger partial charge is 0.321 e. The van der Waals surface area contributed by atoms with E-state index < -0.39 is 6.03 Å². The molecule has 0 aromatic carbocycles. The molecule has 3 rings (SSSR count). The maximum Gasteiger partial charge on any atom is 0.321 e. The van der Waals surface area contributed by atoms with Crippen LogP contribution in [0, 0.1) is 11.8 Å². The summed E-state index contributed by atoms with van der Waals surface area (Å²) in [4.78, 5) is 26.1. The minimum Gasteiger partial charge on any atom is -0.341 e. The number of nitrogens with one attached hydrogen (secondary N) is 2. The second-order valence-electron chi connectivity index (χ2n) is 7.99. The molecule has 27 heavy (non-hydrogen) atoms. The average Bonchev–Trinajstić information content (AvgIpc) is 3.38. The molecule has 1 aromatic heterocycles. The van der Waals surface area contributed by atoms with Gasteiger partial charge in [-0.05, 0) is 37.5 Å². The molecule has 1 aliphatic carbocycles. The van der Waals surface area contributed by atoms with Crippen molar-refractivity contribution in [3.63, 3.8) is 0 Å². The number of carbonyl (C=O) groups is 2.